The molecule has 0 saturated heterocycles. The van der Waals surface area contributed by atoms with Gasteiger partial charge in [0.2, 0.25) is 5.13 Å². The molecule has 0 atom stereocenters. The second-order valence-corrected chi connectivity index (χ2v) is 3.79. The number of aromatic nitrogens is 3. The van der Waals surface area contributed by atoms with Gasteiger partial charge in [-0.25, -0.2) is 0 Å². The lowest BCUT2D eigenvalue weighted by Crippen LogP contribution is -1.93. The standard InChI is InChI=1S/C10H12N4S/c1-3-7-5-4-6-12-8(7)9-13-10(11-2)15-14-9/h4-6H,3H2,1-2H3,(H,11,13,14). The zero-order chi connectivity index (χ0) is 10.7. The first-order valence-electron chi connectivity index (χ1n) is 4.81. The van der Waals surface area contributed by atoms with Crippen molar-refractivity contribution in [3.8, 4) is 11.5 Å². The quantitative estimate of drug-likeness (QED) is 0.861. The van der Waals surface area contributed by atoms with E-state index in [1.807, 2.05) is 13.1 Å². The molecule has 78 valence electrons. The van der Waals surface area contributed by atoms with Crippen molar-refractivity contribution < 1.29 is 0 Å². The molecule has 0 aliphatic carbocycles. The zero-order valence-corrected chi connectivity index (χ0v) is 9.51. The Labute approximate surface area is 92.6 Å². The van der Waals surface area contributed by atoms with Crippen LogP contribution in [0.5, 0.6) is 0 Å². The molecule has 5 heteroatoms. The van der Waals surface area contributed by atoms with Crippen molar-refractivity contribution >= 4 is 16.7 Å². The van der Waals surface area contributed by atoms with Gasteiger partial charge in [-0.2, -0.15) is 9.36 Å². The highest BCUT2D eigenvalue weighted by Gasteiger charge is 2.10. The van der Waals surface area contributed by atoms with Gasteiger partial charge in [-0.3, -0.25) is 4.98 Å². The van der Waals surface area contributed by atoms with Crippen LogP contribution in [0.1, 0.15) is 12.5 Å². The molecule has 15 heavy (non-hydrogen) atoms. The summed E-state index contributed by atoms with van der Waals surface area (Å²) in [5.41, 5.74) is 2.07. The van der Waals surface area contributed by atoms with E-state index in [1.54, 1.807) is 6.20 Å². The number of nitrogens with one attached hydrogen (secondary N) is 1. The predicted octanol–water partition coefficient (Wildman–Crippen LogP) is 2.20. The van der Waals surface area contributed by atoms with Gasteiger partial charge in [0.15, 0.2) is 5.82 Å². The molecule has 0 spiro atoms. The molecule has 0 saturated carbocycles. The van der Waals surface area contributed by atoms with Crippen molar-refractivity contribution in [1.82, 2.24) is 14.3 Å². The molecule has 0 fully saturated rings. The van der Waals surface area contributed by atoms with Crippen LogP contribution in [-0.4, -0.2) is 21.4 Å². The van der Waals surface area contributed by atoms with Gasteiger partial charge < -0.3 is 5.32 Å². The van der Waals surface area contributed by atoms with Crippen molar-refractivity contribution in [3.63, 3.8) is 0 Å². The molecule has 2 aromatic rings. The van der Waals surface area contributed by atoms with E-state index in [-0.39, 0.29) is 0 Å². The summed E-state index contributed by atoms with van der Waals surface area (Å²) in [5, 5.41) is 3.79. The fourth-order valence-corrected chi connectivity index (χ4v) is 1.87. The molecule has 1 N–H and O–H groups in total. The highest BCUT2D eigenvalue weighted by molar-refractivity contribution is 7.09. The summed E-state index contributed by atoms with van der Waals surface area (Å²) in [7, 11) is 1.84. The fraction of sp³-hybridized carbons (Fsp3) is 0.300. The van der Waals surface area contributed by atoms with E-state index in [9.17, 15) is 0 Å². The normalized spacial score (nSPS) is 10.3. The third-order valence-corrected chi connectivity index (χ3v) is 2.86. The molecular weight excluding hydrogens is 208 g/mol. The van der Waals surface area contributed by atoms with Gasteiger partial charge in [0.05, 0.1) is 0 Å². The highest BCUT2D eigenvalue weighted by atomic mass is 32.1. The van der Waals surface area contributed by atoms with Crippen LogP contribution in [0.4, 0.5) is 5.13 Å². The van der Waals surface area contributed by atoms with Crippen LogP contribution in [0.2, 0.25) is 0 Å². The summed E-state index contributed by atoms with van der Waals surface area (Å²) >= 11 is 1.35. The van der Waals surface area contributed by atoms with Crippen LogP contribution < -0.4 is 5.32 Å². The summed E-state index contributed by atoms with van der Waals surface area (Å²) in [4.78, 5) is 8.66. The fourth-order valence-electron chi connectivity index (χ4n) is 1.35. The Bertz CT molecular complexity index is 452. The van der Waals surface area contributed by atoms with E-state index < -0.39 is 0 Å². The molecular formula is C10H12N4S. The molecule has 2 rings (SSSR count). The maximum Gasteiger partial charge on any atom is 0.202 e. The number of aryl methyl sites for hydroxylation is 1. The average Bonchev–Trinajstić information content (AvgIpc) is 2.77. The average molecular weight is 220 g/mol. The highest BCUT2D eigenvalue weighted by Crippen LogP contribution is 2.22. The summed E-state index contributed by atoms with van der Waals surface area (Å²) in [5.74, 6) is 0.710. The van der Waals surface area contributed by atoms with Gasteiger partial charge >= 0.3 is 0 Å². The second kappa shape index (κ2) is 4.35. The van der Waals surface area contributed by atoms with Gasteiger partial charge in [0.25, 0.3) is 0 Å². The zero-order valence-electron chi connectivity index (χ0n) is 8.69. The van der Waals surface area contributed by atoms with Crippen molar-refractivity contribution in [2.45, 2.75) is 13.3 Å². The number of anilines is 1. The first kappa shape index (κ1) is 10.0. The minimum atomic E-state index is 0.710. The molecule has 0 bridgehead atoms. The van der Waals surface area contributed by atoms with Crippen LogP contribution in [0, 0.1) is 0 Å². The molecule has 0 amide bonds. The van der Waals surface area contributed by atoms with E-state index >= 15 is 0 Å². The van der Waals surface area contributed by atoms with Crippen molar-refractivity contribution in [2.24, 2.45) is 0 Å². The van der Waals surface area contributed by atoms with E-state index in [0.717, 1.165) is 17.2 Å². The second-order valence-electron chi connectivity index (χ2n) is 3.04. The van der Waals surface area contributed by atoms with E-state index in [2.05, 4.69) is 32.6 Å². The van der Waals surface area contributed by atoms with Crippen LogP contribution in [0.3, 0.4) is 0 Å². The van der Waals surface area contributed by atoms with Gasteiger partial charge in [-0.15, -0.1) is 0 Å². The summed E-state index contributed by atoms with van der Waals surface area (Å²) in [6.45, 7) is 2.10. The smallest absolute Gasteiger partial charge is 0.202 e. The molecule has 4 nitrogen and oxygen atoms in total. The van der Waals surface area contributed by atoms with Crippen LogP contribution in [0.25, 0.3) is 11.5 Å². The summed E-state index contributed by atoms with van der Waals surface area (Å²) < 4.78 is 4.27. The lowest BCUT2D eigenvalue weighted by molar-refractivity contribution is 1.09. The van der Waals surface area contributed by atoms with Gasteiger partial charge in [-0.05, 0) is 18.1 Å². The molecule has 2 aromatic heterocycles. The molecule has 0 radical (unpaired) electrons. The van der Waals surface area contributed by atoms with Crippen molar-refractivity contribution in [1.29, 1.82) is 0 Å². The number of pyridine rings is 1. The van der Waals surface area contributed by atoms with Gasteiger partial charge in [-0.1, -0.05) is 13.0 Å². The Morgan fingerprint density at radius 1 is 1.47 bits per heavy atom. The maximum atomic E-state index is 4.34. The van der Waals surface area contributed by atoms with E-state index in [0.29, 0.717) is 5.82 Å². The first-order chi connectivity index (χ1) is 7.35. The minimum absolute atomic E-state index is 0.710. The molecule has 0 unspecified atom stereocenters. The lowest BCUT2D eigenvalue weighted by Gasteiger charge is -2.01. The number of rotatable bonds is 3. The Hall–Kier alpha value is -1.49. The Balaban J connectivity index is 2.44. The number of hydrogen-bond donors (Lipinski definition) is 1. The largest absolute Gasteiger partial charge is 0.363 e. The number of hydrogen-bond acceptors (Lipinski definition) is 5. The van der Waals surface area contributed by atoms with Crippen molar-refractivity contribution in [3.05, 3.63) is 23.9 Å². The summed E-state index contributed by atoms with van der Waals surface area (Å²) in [6.07, 6.45) is 2.71. The van der Waals surface area contributed by atoms with E-state index in [4.69, 9.17) is 0 Å². The Kier molecular flexibility index (Phi) is 2.91. The van der Waals surface area contributed by atoms with Crippen molar-refractivity contribution in [2.75, 3.05) is 12.4 Å². The van der Waals surface area contributed by atoms with Crippen LogP contribution in [-0.2, 0) is 6.42 Å². The van der Waals surface area contributed by atoms with Crippen LogP contribution in [0.15, 0.2) is 18.3 Å². The molecule has 0 aliphatic rings. The SMILES string of the molecule is CCc1cccnc1-c1nsc(NC)n1. The van der Waals surface area contributed by atoms with E-state index in [1.165, 1.54) is 17.1 Å². The Morgan fingerprint density at radius 2 is 2.33 bits per heavy atom. The maximum absolute atomic E-state index is 4.34. The first-order valence-corrected chi connectivity index (χ1v) is 5.58. The van der Waals surface area contributed by atoms with Gasteiger partial charge in [0, 0.05) is 24.8 Å². The number of nitrogens with zero attached hydrogens (tertiary/aromatic N) is 3. The lowest BCUT2D eigenvalue weighted by atomic mass is 10.1. The summed E-state index contributed by atoms with van der Waals surface area (Å²) in [6, 6.07) is 4.00. The van der Waals surface area contributed by atoms with Crippen LogP contribution >= 0.6 is 11.5 Å². The molecule has 0 aromatic carbocycles. The monoisotopic (exact) mass is 220 g/mol. The third kappa shape index (κ3) is 1.97. The van der Waals surface area contributed by atoms with Gasteiger partial charge in [0.1, 0.15) is 5.69 Å². The predicted molar refractivity (Wildman–Crippen MR) is 62.1 cm³/mol. The third-order valence-electron chi connectivity index (χ3n) is 2.12. The Morgan fingerprint density at radius 3 is 3.00 bits per heavy atom. The molecule has 0 aliphatic heterocycles. The molecule has 2 heterocycles. The topological polar surface area (TPSA) is 50.7 Å². The minimum Gasteiger partial charge on any atom is -0.363 e.